The fourth-order valence-electron chi connectivity index (χ4n) is 6.43. The summed E-state index contributed by atoms with van der Waals surface area (Å²) in [5.74, 6) is 5.65. The molecule has 0 heterocycles. The molecule has 2 saturated carbocycles. The summed E-state index contributed by atoms with van der Waals surface area (Å²) in [6.07, 6.45) is 26.6. The van der Waals surface area contributed by atoms with Crippen LogP contribution in [-0.4, -0.2) is 13.2 Å². The van der Waals surface area contributed by atoms with Gasteiger partial charge in [0.15, 0.2) is 0 Å². The summed E-state index contributed by atoms with van der Waals surface area (Å²) >= 11 is 0. The summed E-state index contributed by atoms with van der Waals surface area (Å²) in [5.41, 5.74) is 0. The van der Waals surface area contributed by atoms with E-state index in [4.69, 9.17) is 9.47 Å². The van der Waals surface area contributed by atoms with Crippen LogP contribution in [0.4, 0.5) is 0 Å². The van der Waals surface area contributed by atoms with E-state index in [0.29, 0.717) is 0 Å². The molecule has 0 radical (unpaired) electrons. The van der Waals surface area contributed by atoms with Gasteiger partial charge < -0.3 is 9.47 Å². The van der Waals surface area contributed by atoms with Gasteiger partial charge in [-0.05, 0) is 73.6 Å². The molecule has 0 atom stereocenters. The van der Waals surface area contributed by atoms with Crippen molar-refractivity contribution in [1.29, 1.82) is 0 Å². The molecule has 0 unspecified atom stereocenters. The van der Waals surface area contributed by atoms with Crippen molar-refractivity contribution in [2.45, 2.75) is 136 Å². The molecule has 200 valence electrons. The van der Waals surface area contributed by atoms with Gasteiger partial charge in [0.05, 0.1) is 13.2 Å². The van der Waals surface area contributed by atoms with Gasteiger partial charge >= 0.3 is 0 Å². The number of hydrogen-bond donors (Lipinski definition) is 0. The molecule has 35 heavy (non-hydrogen) atoms. The zero-order valence-electron chi connectivity index (χ0n) is 23.3. The lowest BCUT2D eigenvalue weighted by molar-refractivity contribution is 0.177. The standard InChI is InChI=1S/C33H56O2/c1-3-5-7-8-9-12-29-18-20-31(21-19-29)27-35-33-24-22-32(23-25-33)34-26-10-13-30-16-14-28(15-17-30)11-6-4-2/h22-25,28-31H,3-21,26-27H2,1-2H3/t28-,29-,30-,31-. The van der Waals surface area contributed by atoms with E-state index in [0.717, 1.165) is 48.4 Å². The number of benzene rings is 1. The largest absolute Gasteiger partial charge is 0.494 e. The third kappa shape index (κ3) is 11.6. The van der Waals surface area contributed by atoms with Gasteiger partial charge in [0.2, 0.25) is 0 Å². The van der Waals surface area contributed by atoms with Crippen LogP contribution in [0.5, 0.6) is 11.5 Å². The molecule has 0 aliphatic heterocycles. The molecule has 0 N–H and O–H groups in total. The van der Waals surface area contributed by atoms with Crippen molar-refractivity contribution in [3.05, 3.63) is 24.3 Å². The van der Waals surface area contributed by atoms with Crippen molar-refractivity contribution in [3.63, 3.8) is 0 Å². The van der Waals surface area contributed by atoms with Crippen molar-refractivity contribution in [2.75, 3.05) is 13.2 Å². The van der Waals surface area contributed by atoms with Crippen molar-refractivity contribution < 1.29 is 9.47 Å². The minimum Gasteiger partial charge on any atom is -0.494 e. The molecule has 0 aromatic heterocycles. The lowest BCUT2D eigenvalue weighted by atomic mass is 9.78. The van der Waals surface area contributed by atoms with Crippen LogP contribution >= 0.6 is 0 Å². The molecular formula is C33H56O2. The predicted molar refractivity (Wildman–Crippen MR) is 150 cm³/mol. The fourth-order valence-corrected chi connectivity index (χ4v) is 6.43. The van der Waals surface area contributed by atoms with Gasteiger partial charge in [-0.3, -0.25) is 0 Å². The Morgan fingerprint density at radius 3 is 1.54 bits per heavy atom. The monoisotopic (exact) mass is 484 g/mol. The van der Waals surface area contributed by atoms with Crippen LogP contribution in [0, 0.1) is 23.7 Å². The van der Waals surface area contributed by atoms with Crippen molar-refractivity contribution >= 4 is 0 Å². The van der Waals surface area contributed by atoms with Gasteiger partial charge in [-0.25, -0.2) is 0 Å². The lowest BCUT2D eigenvalue weighted by Crippen LogP contribution is -2.20. The van der Waals surface area contributed by atoms with Crippen LogP contribution in [0.2, 0.25) is 0 Å². The van der Waals surface area contributed by atoms with E-state index in [1.165, 1.54) is 122 Å². The van der Waals surface area contributed by atoms with Crippen LogP contribution in [-0.2, 0) is 0 Å². The lowest BCUT2D eigenvalue weighted by Gasteiger charge is -2.28. The van der Waals surface area contributed by atoms with E-state index in [9.17, 15) is 0 Å². The minimum atomic E-state index is 0.740. The number of rotatable bonds is 17. The summed E-state index contributed by atoms with van der Waals surface area (Å²) < 4.78 is 12.2. The topological polar surface area (TPSA) is 18.5 Å². The SMILES string of the molecule is CCCCCCC[C@H]1CC[C@H](COc2ccc(OCCC[C@H]3CC[C@H](CCCC)CC3)cc2)CC1. The van der Waals surface area contributed by atoms with Gasteiger partial charge in [-0.2, -0.15) is 0 Å². The first-order valence-corrected chi connectivity index (χ1v) is 15.6. The average Bonchev–Trinajstić information content (AvgIpc) is 2.90. The maximum absolute atomic E-state index is 6.14. The Morgan fingerprint density at radius 1 is 0.514 bits per heavy atom. The minimum absolute atomic E-state index is 0.740. The molecule has 2 aliphatic rings. The van der Waals surface area contributed by atoms with Crippen LogP contribution in [0.1, 0.15) is 136 Å². The zero-order valence-corrected chi connectivity index (χ0v) is 23.3. The van der Waals surface area contributed by atoms with Crippen molar-refractivity contribution in [2.24, 2.45) is 23.7 Å². The molecule has 2 fully saturated rings. The Bertz CT molecular complexity index is 623. The highest BCUT2D eigenvalue weighted by atomic mass is 16.5. The van der Waals surface area contributed by atoms with Gasteiger partial charge in [0, 0.05) is 0 Å². The van der Waals surface area contributed by atoms with E-state index in [1.54, 1.807) is 0 Å². The molecule has 1 aromatic carbocycles. The first-order valence-electron chi connectivity index (χ1n) is 15.6. The van der Waals surface area contributed by atoms with Crippen molar-refractivity contribution in [3.8, 4) is 11.5 Å². The Balaban J connectivity index is 1.20. The Labute approximate surface area is 218 Å². The maximum atomic E-state index is 6.14. The number of hydrogen-bond acceptors (Lipinski definition) is 2. The quantitative estimate of drug-likeness (QED) is 0.205. The Kier molecular flexibility index (Phi) is 14.0. The van der Waals surface area contributed by atoms with Crippen LogP contribution in [0.15, 0.2) is 24.3 Å². The molecule has 2 aliphatic carbocycles. The normalized spacial score (nSPS) is 24.9. The molecule has 0 saturated heterocycles. The molecule has 0 bridgehead atoms. The molecule has 0 amide bonds. The molecule has 0 spiro atoms. The zero-order chi connectivity index (χ0) is 24.6. The van der Waals surface area contributed by atoms with Crippen molar-refractivity contribution in [1.82, 2.24) is 0 Å². The van der Waals surface area contributed by atoms with Gasteiger partial charge in [-0.1, -0.05) is 110 Å². The van der Waals surface area contributed by atoms with Crippen LogP contribution < -0.4 is 9.47 Å². The predicted octanol–water partition coefficient (Wildman–Crippen LogP) is 10.4. The second-order valence-electron chi connectivity index (χ2n) is 11.9. The summed E-state index contributed by atoms with van der Waals surface area (Å²) in [6.45, 7) is 6.34. The second kappa shape index (κ2) is 17.3. The smallest absolute Gasteiger partial charge is 0.119 e. The van der Waals surface area contributed by atoms with Gasteiger partial charge in [0.25, 0.3) is 0 Å². The Hall–Kier alpha value is -1.18. The molecule has 2 nitrogen and oxygen atoms in total. The van der Waals surface area contributed by atoms with E-state index >= 15 is 0 Å². The highest BCUT2D eigenvalue weighted by Crippen LogP contribution is 2.34. The van der Waals surface area contributed by atoms with Crippen LogP contribution in [0.3, 0.4) is 0 Å². The first kappa shape index (κ1) is 28.4. The average molecular weight is 485 g/mol. The van der Waals surface area contributed by atoms with E-state index < -0.39 is 0 Å². The number of ether oxygens (including phenoxy) is 2. The van der Waals surface area contributed by atoms with Gasteiger partial charge in [-0.15, -0.1) is 0 Å². The second-order valence-corrected chi connectivity index (χ2v) is 11.9. The highest BCUT2D eigenvalue weighted by molar-refractivity contribution is 5.31. The third-order valence-electron chi connectivity index (χ3n) is 8.95. The first-order chi connectivity index (χ1) is 17.3. The van der Waals surface area contributed by atoms with E-state index in [2.05, 4.69) is 38.1 Å². The number of unbranched alkanes of at least 4 members (excludes halogenated alkanes) is 5. The van der Waals surface area contributed by atoms with Crippen LogP contribution in [0.25, 0.3) is 0 Å². The summed E-state index contributed by atoms with van der Waals surface area (Å²) in [6, 6.07) is 8.36. The highest BCUT2D eigenvalue weighted by Gasteiger charge is 2.22. The maximum Gasteiger partial charge on any atom is 0.119 e. The fraction of sp³-hybridized carbons (Fsp3) is 0.818. The van der Waals surface area contributed by atoms with E-state index in [-0.39, 0.29) is 0 Å². The summed E-state index contributed by atoms with van der Waals surface area (Å²) in [4.78, 5) is 0. The van der Waals surface area contributed by atoms with E-state index in [1.807, 2.05) is 0 Å². The Morgan fingerprint density at radius 2 is 0.971 bits per heavy atom. The summed E-state index contributed by atoms with van der Waals surface area (Å²) in [5, 5.41) is 0. The molecule has 3 rings (SSSR count). The molecule has 1 aromatic rings. The molecular weight excluding hydrogens is 428 g/mol. The molecule has 2 heteroatoms. The van der Waals surface area contributed by atoms with Gasteiger partial charge in [0.1, 0.15) is 11.5 Å². The summed E-state index contributed by atoms with van der Waals surface area (Å²) in [7, 11) is 0. The third-order valence-corrected chi connectivity index (χ3v) is 8.95.